The van der Waals surface area contributed by atoms with Crippen LogP contribution in [-0.2, 0) is 0 Å². The number of hydrogen-bond acceptors (Lipinski definition) is 6. The minimum atomic E-state index is -0.583. The van der Waals surface area contributed by atoms with Crippen molar-refractivity contribution in [3.05, 3.63) is 69.6 Å². The van der Waals surface area contributed by atoms with E-state index in [4.69, 9.17) is 4.74 Å². The quantitative estimate of drug-likeness (QED) is 0.514. The molecular formula is C18H15N3O4S. The fraction of sp³-hybridized carbons (Fsp3) is 0.111. The van der Waals surface area contributed by atoms with Gasteiger partial charge < -0.3 is 4.74 Å². The SMILES string of the molecule is CCOc1ccccc1-c1csc(NC(=O)c2ccccc2[N+](=O)[O-])n1. The molecule has 26 heavy (non-hydrogen) atoms. The summed E-state index contributed by atoms with van der Waals surface area (Å²) in [5, 5.41) is 15.8. The van der Waals surface area contributed by atoms with Gasteiger partial charge in [0.1, 0.15) is 11.3 Å². The Hall–Kier alpha value is -3.26. The number of rotatable bonds is 6. The average Bonchev–Trinajstić information content (AvgIpc) is 3.10. The largest absolute Gasteiger partial charge is 0.493 e. The second kappa shape index (κ2) is 7.75. The molecule has 0 radical (unpaired) electrons. The molecule has 3 aromatic rings. The maximum atomic E-state index is 12.4. The summed E-state index contributed by atoms with van der Waals surface area (Å²) in [5.41, 5.74) is 1.22. The van der Waals surface area contributed by atoms with Crippen molar-refractivity contribution in [2.75, 3.05) is 11.9 Å². The van der Waals surface area contributed by atoms with Crippen molar-refractivity contribution in [3.63, 3.8) is 0 Å². The Balaban J connectivity index is 1.84. The Kier molecular flexibility index (Phi) is 5.23. The Bertz CT molecular complexity index is 955. The molecule has 0 atom stereocenters. The minimum absolute atomic E-state index is 0.0102. The van der Waals surface area contributed by atoms with Gasteiger partial charge in [-0.3, -0.25) is 20.2 Å². The van der Waals surface area contributed by atoms with Crippen LogP contribution in [0.25, 0.3) is 11.3 Å². The van der Waals surface area contributed by atoms with E-state index in [-0.39, 0.29) is 11.3 Å². The third kappa shape index (κ3) is 3.70. The number of carbonyl (C=O) groups excluding carboxylic acids is 1. The van der Waals surface area contributed by atoms with Crippen molar-refractivity contribution >= 4 is 28.1 Å². The van der Waals surface area contributed by atoms with E-state index in [0.29, 0.717) is 23.2 Å². The van der Waals surface area contributed by atoms with E-state index >= 15 is 0 Å². The molecule has 0 bridgehead atoms. The third-order valence-electron chi connectivity index (χ3n) is 3.53. The molecule has 0 saturated heterocycles. The van der Waals surface area contributed by atoms with Crippen molar-refractivity contribution in [2.45, 2.75) is 6.92 Å². The van der Waals surface area contributed by atoms with Gasteiger partial charge in [-0.15, -0.1) is 11.3 Å². The van der Waals surface area contributed by atoms with Gasteiger partial charge in [0.15, 0.2) is 5.13 Å². The molecule has 2 aromatic carbocycles. The van der Waals surface area contributed by atoms with E-state index < -0.39 is 10.8 Å². The topological polar surface area (TPSA) is 94.4 Å². The molecule has 1 amide bonds. The maximum absolute atomic E-state index is 12.4. The Morgan fingerprint density at radius 2 is 1.96 bits per heavy atom. The molecule has 132 valence electrons. The lowest BCUT2D eigenvalue weighted by Crippen LogP contribution is -2.13. The standard InChI is InChI=1S/C18H15N3O4S/c1-2-25-16-10-6-4-7-12(16)14-11-26-18(19-14)20-17(22)13-8-3-5-9-15(13)21(23)24/h3-11H,2H2,1H3,(H,19,20,22). The molecule has 0 saturated carbocycles. The van der Waals surface area contributed by atoms with E-state index in [1.165, 1.54) is 29.5 Å². The van der Waals surface area contributed by atoms with E-state index in [1.807, 2.05) is 31.2 Å². The second-order valence-corrected chi connectivity index (χ2v) is 6.05. The van der Waals surface area contributed by atoms with E-state index in [0.717, 1.165) is 5.56 Å². The number of carbonyl (C=O) groups is 1. The number of nitro benzene ring substituents is 1. The highest BCUT2D eigenvalue weighted by molar-refractivity contribution is 7.14. The number of para-hydroxylation sites is 2. The second-order valence-electron chi connectivity index (χ2n) is 5.20. The van der Waals surface area contributed by atoms with Crippen LogP contribution in [-0.4, -0.2) is 22.4 Å². The molecule has 0 unspecified atom stereocenters. The Labute approximate surface area is 153 Å². The van der Waals surface area contributed by atoms with Gasteiger partial charge in [-0.2, -0.15) is 0 Å². The smallest absolute Gasteiger partial charge is 0.282 e. The van der Waals surface area contributed by atoms with Gasteiger partial charge in [0, 0.05) is 17.0 Å². The first-order valence-electron chi connectivity index (χ1n) is 7.82. The highest BCUT2D eigenvalue weighted by Crippen LogP contribution is 2.32. The summed E-state index contributed by atoms with van der Waals surface area (Å²) < 4.78 is 5.60. The van der Waals surface area contributed by atoms with E-state index in [2.05, 4.69) is 10.3 Å². The molecule has 8 heteroatoms. The van der Waals surface area contributed by atoms with Crippen LogP contribution < -0.4 is 10.1 Å². The third-order valence-corrected chi connectivity index (χ3v) is 4.29. The van der Waals surface area contributed by atoms with Crippen molar-refractivity contribution in [3.8, 4) is 17.0 Å². The first-order chi connectivity index (χ1) is 12.6. The van der Waals surface area contributed by atoms with Crippen LogP contribution in [0.1, 0.15) is 17.3 Å². The van der Waals surface area contributed by atoms with Crippen LogP contribution in [0.2, 0.25) is 0 Å². The molecular weight excluding hydrogens is 354 g/mol. The van der Waals surface area contributed by atoms with Gasteiger partial charge >= 0.3 is 0 Å². The first-order valence-corrected chi connectivity index (χ1v) is 8.70. The highest BCUT2D eigenvalue weighted by atomic mass is 32.1. The van der Waals surface area contributed by atoms with Gasteiger partial charge in [-0.05, 0) is 25.1 Å². The summed E-state index contributed by atoms with van der Waals surface area (Å²) in [4.78, 5) is 27.3. The number of ether oxygens (including phenoxy) is 1. The van der Waals surface area contributed by atoms with Crippen molar-refractivity contribution in [1.29, 1.82) is 0 Å². The average molecular weight is 369 g/mol. The molecule has 1 heterocycles. The van der Waals surface area contributed by atoms with Gasteiger partial charge in [0.05, 0.1) is 17.2 Å². The monoisotopic (exact) mass is 369 g/mol. The highest BCUT2D eigenvalue weighted by Gasteiger charge is 2.20. The number of aromatic nitrogens is 1. The molecule has 0 aliphatic carbocycles. The summed E-state index contributed by atoms with van der Waals surface area (Å²) >= 11 is 1.24. The molecule has 0 spiro atoms. The number of thiazole rings is 1. The van der Waals surface area contributed by atoms with Gasteiger partial charge in [-0.25, -0.2) is 4.98 Å². The summed E-state index contributed by atoms with van der Waals surface area (Å²) in [6, 6.07) is 13.3. The Morgan fingerprint density at radius 1 is 1.23 bits per heavy atom. The fourth-order valence-electron chi connectivity index (χ4n) is 2.40. The first kappa shape index (κ1) is 17.6. The lowest BCUT2D eigenvalue weighted by atomic mass is 10.1. The van der Waals surface area contributed by atoms with Crippen molar-refractivity contribution < 1.29 is 14.5 Å². The van der Waals surface area contributed by atoms with E-state index in [9.17, 15) is 14.9 Å². The molecule has 1 N–H and O–H groups in total. The predicted octanol–water partition coefficient (Wildman–Crippen LogP) is 4.37. The molecule has 0 aliphatic heterocycles. The molecule has 0 aliphatic rings. The van der Waals surface area contributed by atoms with E-state index in [1.54, 1.807) is 11.4 Å². The Morgan fingerprint density at radius 3 is 2.73 bits per heavy atom. The molecule has 3 rings (SSSR count). The predicted molar refractivity (Wildman–Crippen MR) is 99.8 cm³/mol. The number of amides is 1. The summed E-state index contributed by atoms with van der Waals surface area (Å²) in [5.74, 6) is 0.133. The van der Waals surface area contributed by atoms with Gasteiger partial charge in [-0.1, -0.05) is 24.3 Å². The molecule has 1 aromatic heterocycles. The number of benzene rings is 2. The van der Waals surface area contributed by atoms with Crippen LogP contribution in [0.4, 0.5) is 10.8 Å². The van der Waals surface area contributed by atoms with Crippen molar-refractivity contribution in [2.24, 2.45) is 0 Å². The van der Waals surface area contributed by atoms with Crippen LogP contribution >= 0.6 is 11.3 Å². The van der Waals surface area contributed by atoms with Crippen LogP contribution in [0.3, 0.4) is 0 Å². The lowest BCUT2D eigenvalue weighted by Gasteiger charge is -2.07. The number of nitro groups is 1. The summed E-state index contributed by atoms with van der Waals surface area (Å²) in [6.07, 6.45) is 0. The lowest BCUT2D eigenvalue weighted by molar-refractivity contribution is -0.385. The summed E-state index contributed by atoms with van der Waals surface area (Å²) in [6.45, 7) is 2.43. The zero-order chi connectivity index (χ0) is 18.5. The van der Waals surface area contributed by atoms with Gasteiger partial charge in [0.25, 0.3) is 11.6 Å². The van der Waals surface area contributed by atoms with Gasteiger partial charge in [0.2, 0.25) is 0 Å². The number of hydrogen-bond donors (Lipinski definition) is 1. The number of nitrogens with zero attached hydrogens (tertiary/aromatic N) is 2. The van der Waals surface area contributed by atoms with Crippen molar-refractivity contribution in [1.82, 2.24) is 4.98 Å². The minimum Gasteiger partial charge on any atom is -0.493 e. The molecule has 0 fully saturated rings. The zero-order valence-electron chi connectivity index (χ0n) is 13.8. The molecule has 7 nitrogen and oxygen atoms in total. The maximum Gasteiger partial charge on any atom is 0.282 e. The number of anilines is 1. The number of nitrogens with one attached hydrogen (secondary N) is 1. The fourth-order valence-corrected chi connectivity index (χ4v) is 3.11. The normalized spacial score (nSPS) is 10.3. The summed E-state index contributed by atoms with van der Waals surface area (Å²) in [7, 11) is 0. The zero-order valence-corrected chi connectivity index (χ0v) is 14.7. The van der Waals surface area contributed by atoms with Crippen LogP contribution in [0, 0.1) is 10.1 Å². The van der Waals surface area contributed by atoms with Crippen LogP contribution in [0.15, 0.2) is 53.9 Å². The van der Waals surface area contributed by atoms with Crippen LogP contribution in [0.5, 0.6) is 5.75 Å².